The normalized spacial score (nSPS) is 14.4. The van der Waals surface area contributed by atoms with Gasteiger partial charge in [0.15, 0.2) is 0 Å². The van der Waals surface area contributed by atoms with Gasteiger partial charge in [-0.05, 0) is 37.5 Å². The predicted octanol–water partition coefficient (Wildman–Crippen LogP) is 4.37. The third-order valence-electron chi connectivity index (χ3n) is 6.81. The molecule has 0 spiro atoms. The average molecular weight is 460 g/mol. The van der Waals surface area contributed by atoms with Crippen LogP contribution in [0.2, 0.25) is 0 Å². The van der Waals surface area contributed by atoms with Gasteiger partial charge in [-0.25, -0.2) is 4.79 Å². The number of carbonyl (C=O) groups is 2. The highest BCUT2D eigenvalue weighted by Crippen LogP contribution is 2.30. The van der Waals surface area contributed by atoms with Crippen molar-refractivity contribution in [1.29, 1.82) is 0 Å². The molecule has 1 amide bonds. The van der Waals surface area contributed by atoms with Gasteiger partial charge in [-0.3, -0.25) is 9.69 Å². The van der Waals surface area contributed by atoms with Crippen LogP contribution in [0.3, 0.4) is 0 Å². The zero-order valence-electron chi connectivity index (χ0n) is 20.5. The summed E-state index contributed by atoms with van der Waals surface area (Å²) in [5.74, 6) is -0.403. The maximum atomic E-state index is 13.5. The Kier molecular flexibility index (Phi) is 7.17. The maximum Gasteiger partial charge on any atom is 0.355 e. The summed E-state index contributed by atoms with van der Waals surface area (Å²) >= 11 is 0. The molecule has 178 valence electrons. The molecule has 0 unspecified atom stereocenters. The molecule has 0 atom stereocenters. The summed E-state index contributed by atoms with van der Waals surface area (Å²) in [7, 11) is 1.81. The number of aromatic nitrogens is 1. The van der Waals surface area contributed by atoms with Crippen LogP contribution in [-0.2, 0) is 11.8 Å². The van der Waals surface area contributed by atoms with E-state index in [1.807, 2.05) is 37.9 Å². The highest BCUT2D eigenvalue weighted by Gasteiger charge is 2.32. The number of piperazine rings is 1. The molecule has 2 aromatic carbocycles. The first kappa shape index (κ1) is 23.8. The minimum absolute atomic E-state index is 0.0169. The van der Waals surface area contributed by atoms with Crippen molar-refractivity contribution in [3.05, 3.63) is 94.3 Å². The van der Waals surface area contributed by atoms with Crippen molar-refractivity contribution in [2.45, 2.75) is 26.8 Å². The van der Waals surface area contributed by atoms with Gasteiger partial charge >= 0.3 is 5.97 Å². The topological polar surface area (TPSA) is 54.8 Å². The van der Waals surface area contributed by atoms with Crippen LogP contribution in [0, 0.1) is 13.8 Å². The molecule has 1 aliphatic heterocycles. The van der Waals surface area contributed by atoms with Gasteiger partial charge in [-0.15, -0.1) is 0 Å². The number of ether oxygens (including phenoxy) is 1. The molecule has 0 aliphatic carbocycles. The summed E-state index contributed by atoms with van der Waals surface area (Å²) in [6, 6.07) is 21.2. The van der Waals surface area contributed by atoms with Gasteiger partial charge in [0.1, 0.15) is 5.69 Å². The standard InChI is InChI=1S/C28H33N3O3/c1-5-34-28(33)25-20(2)24(21(3)29(25)4)27(32)31-18-16-30(17-19-31)26(22-12-8-6-9-13-22)23-14-10-7-11-15-23/h6-15,26H,5,16-19H2,1-4H3. The van der Waals surface area contributed by atoms with Crippen molar-refractivity contribution in [3.8, 4) is 0 Å². The van der Waals surface area contributed by atoms with Crippen molar-refractivity contribution >= 4 is 11.9 Å². The number of benzene rings is 2. The Balaban J connectivity index is 1.54. The van der Waals surface area contributed by atoms with Crippen molar-refractivity contribution < 1.29 is 14.3 Å². The Morgan fingerprint density at radius 3 is 1.91 bits per heavy atom. The Labute approximate surface area is 201 Å². The Morgan fingerprint density at radius 1 is 0.882 bits per heavy atom. The minimum atomic E-state index is -0.386. The van der Waals surface area contributed by atoms with E-state index < -0.39 is 0 Å². The molecule has 6 nitrogen and oxygen atoms in total. The van der Waals surface area contributed by atoms with Gasteiger partial charge in [0.05, 0.1) is 18.2 Å². The lowest BCUT2D eigenvalue weighted by Gasteiger charge is -2.40. The smallest absolute Gasteiger partial charge is 0.355 e. The second-order valence-electron chi connectivity index (χ2n) is 8.77. The van der Waals surface area contributed by atoms with Crippen LogP contribution in [0.15, 0.2) is 60.7 Å². The van der Waals surface area contributed by atoms with E-state index in [4.69, 9.17) is 4.74 Å². The van der Waals surface area contributed by atoms with E-state index in [0.29, 0.717) is 36.5 Å². The fourth-order valence-corrected chi connectivity index (χ4v) is 5.01. The number of nitrogens with zero attached hydrogens (tertiary/aromatic N) is 3. The van der Waals surface area contributed by atoms with Gasteiger partial charge < -0.3 is 14.2 Å². The van der Waals surface area contributed by atoms with Crippen molar-refractivity contribution in [2.24, 2.45) is 7.05 Å². The van der Waals surface area contributed by atoms with Crippen LogP contribution >= 0.6 is 0 Å². The van der Waals surface area contributed by atoms with E-state index in [-0.39, 0.29) is 17.9 Å². The van der Waals surface area contributed by atoms with Crippen LogP contribution in [0.4, 0.5) is 0 Å². The zero-order chi connectivity index (χ0) is 24.2. The van der Waals surface area contributed by atoms with Crippen LogP contribution in [0.1, 0.15) is 56.2 Å². The molecule has 0 bridgehead atoms. The fraction of sp³-hybridized carbons (Fsp3) is 0.357. The number of hydrogen-bond acceptors (Lipinski definition) is 4. The summed E-state index contributed by atoms with van der Waals surface area (Å²) < 4.78 is 6.99. The summed E-state index contributed by atoms with van der Waals surface area (Å²) in [5.41, 5.74) is 5.05. The molecule has 1 aliphatic rings. The molecular formula is C28H33N3O3. The van der Waals surface area contributed by atoms with E-state index in [0.717, 1.165) is 18.8 Å². The van der Waals surface area contributed by atoms with Crippen molar-refractivity contribution in [1.82, 2.24) is 14.4 Å². The van der Waals surface area contributed by atoms with Crippen LogP contribution in [0.25, 0.3) is 0 Å². The zero-order valence-corrected chi connectivity index (χ0v) is 20.5. The summed E-state index contributed by atoms with van der Waals surface area (Å²) in [6.45, 7) is 8.63. The van der Waals surface area contributed by atoms with E-state index in [1.165, 1.54) is 11.1 Å². The number of rotatable bonds is 6. The fourth-order valence-electron chi connectivity index (χ4n) is 5.01. The predicted molar refractivity (Wildman–Crippen MR) is 133 cm³/mol. The third kappa shape index (κ3) is 4.50. The minimum Gasteiger partial charge on any atom is -0.461 e. The molecule has 3 aromatic rings. The molecular weight excluding hydrogens is 426 g/mol. The molecule has 1 saturated heterocycles. The first-order valence-corrected chi connectivity index (χ1v) is 11.9. The molecule has 0 radical (unpaired) electrons. The second kappa shape index (κ2) is 10.3. The SMILES string of the molecule is CCOC(=O)c1c(C)c(C(=O)N2CCN(C(c3ccccc3)c3ccccc3)CC2)c(C)n1C. The Morgan fingerprint density at radius 2 is 1.41 bits per heavy atom. The van der Waals surface area contributed by atoms with Gasteiger partial charge in [0.2, 0.25) is 0 Å². The van der Waals surface area contributed by atoms with E-state index >= 15 is 0 Å². The maximum absolute atomic E-state index is 13.5. The van der Waals surface area contributed by atoms with Gasteiger partial charge in [0.25, 0.3) is 5.91 Å². The molecule has 6 heteroatoms. The molecule has 0 saturated carbocycles. The third-order valence-corrected chi connectivity index (χ3v) is 6.81. The lowest BCUT2D eigenvalue weighted by molar-refractivity contribution is 0.0514. The average Bonchev–Trinajstić information content (AvgIpc) is 3.08. The molecule has 2 heterocycles. The lowest BCUT2D eigenvalue weighted by Crippen LogP contribution is -2.50. The molecule has 1 fully saturated rings. The van der Waals surface area contributed by atoms with Gasteiger partial charge in [-0.2, -0.15) is 0 Å². The molecule has 1 aromatic heterocycles. The summed E-state index contributed by atoms with van der Waals surface area (Å²) in [5, 5.41) is 0. The van der Waals surface area contributed by atoms with Gasteiger partial charge in [-0.1, -0.05) is 60.7 Å². The first-order chi connectivity index (χ1) is 16.4. The van der Waals surface area contributed by atoms with Crippen molar-refractivity contribution in [3.63, 3.8) is 0 Å². The molecule has 34 heavy (non-hydrogen) atoms. The van der Waals surface area contributed by atoms with E-state index in [2.05, 4.69) is 53.4 Å². The second-order valence-corrected chi connectivity index (χ2v) is 8.77. The number of esters is 1. The van der Waals surface area contributed by atoms with Crippen LogP contribution < -0.4 is 0 Å². The molecule has 4 rings (SSSR count). The van der Waals surface area contributed by atoms with Gasteiger partial charge in [0, 0.05) is 38.9 Å². The van der Waals surface area contributed by atoms with Crippen LogP contribution in [0.5, 0.6) is 0 Å². The van der Waals surface area contributed by atoms with E-state index in [9.17, 15) is 9.59 Å². The first-order valence-electron chi connectivity index (χ1n) is 11.9. The number of carbonyl (C=O) groups excluding carboxylic acids is 2. The number of amides is 1. The Hall–Kier alpha value is -3.38. The Bertz CT molecular complexity index is 1110. The highest BCUT2D eigenvalue weighted by molar-refractivity contribution is 6.01. The highest BCUT2D eigenvalue weighted by atomic mass is 16.5. The lowest BCUT2D eigenvalue weighted by atomic mass is 9.96. The number of hydrogen-bond donors (Lipinski definition) is 0. The largest absolute Gasteiger partial charge is 0.461 e. The summed E-state index contributed by atoms with van der Waals surface area (Å²) in [6.07, 6.45) is 0. The van der Waals surface area contributed by atoms with Crippen LogP contribution in [-0.4, -0.2) is 59.0 Å². The van der Waals surface area contributed by atoms with E-state index in [1.54, 1.807) is 11.5 Å². The molecule has 0 N–H and O–H groups in total. The van der Waals surface area contributed by atoms with Crippen molar-refractivity contribution in [2.75, 3.05) is 32.8 Å². The quantitative estimate of drug-likeness (QED) is 0.514. The summed E-state index contributed by atoms with van der Waals surface area (Å²) in [4.78, 5) is 30.4. The monoisotopic (exact) mass is 459 g/mol.